The Labute approximate surface area is 181 Å². The zero-order valence-corrected chi connectivity index (χ0v) is 18.1. The molecule has 160 valence electrons. The number of hydrogen-bond donors (Lipinski definition) is 1. The third kappa shape index (κ3) is 5.40. The second kappa shape index (κ2) is 10.1. The van der Waals surface area contributed by atoms with Crippen molar-refractivity contribution in [2.75, 3.05) is 38.2 Å². The summed E-state index contributed by atoms with van der Waals surface area (Å²) in [6, 6.07) is 11.7. The van der Waals surface area contributed by atoms with E-state index in [1.165, 1.54) is 22.5 Å². The van der Waals surface area contributed by atoms with Gasteiger partial charge in [-0.2, -0.15) is 4.31 Å². The number of rotatable bonds is 7. The SMILES string of the molecule is CCOc1ccccc1/C=C/C(=O)Nc1ccc(Cl)c(S(=O)(=O)N2CCOCC2)c1. The molecule has 0 radical (unpaired) electrons. The van der Waals surface area contributed by atoms with Gasteiger partial charge in [-0.3, -0.25) is 4.79 Å². The van der Waals surface area contributed by atoms with E-state index in [-0.39, 0.29) is 23.0 Å². The Bertz CT molecular complexity index is 1030. The Morgan fingerprint density at radius 3 is 2.70 bits per heavy atom. The van der Waals surface area contributed by atoms with E-state index < -0.39 is 15.9 Å². The first-order valence-electron chi connectivity index (χ1n) is 9.50. The molecule has 3 rings (SSSR count). The first kappa shape index (κ1) is 22.3. The van der Waals surface area contributed by atoms with Crippen LogP contribution in [0.4, 0.5) is 5.69 Å². The highest BCUT2D eigenvalue weighted by Gasteiger charge is 2.28. The summed E-state index contributed by atoms with van der Waals surface area (Å²) in [6.07, 6.45) is 3.00. The Kier molecular flexibility index (Phi) is 7.49. The minimum absolute atomic E-state index is 0.0467. The summed E-state index contributed by atoms with van der Waals surface area (Å²) in [7, 11) is -3.78. The van der Waals surface area contributed by atoms with Crippen LogP contribution in [0.15, 0.2) is 53.4 Å². The summed E-state index contributed by atoms with van der Waals surface area (Å²) < 4.78 is 37.9. The normalized spacial score (nSPS) is 15.3. The van der Waals surface area contributed by atoms with Crippen LogP contribution in [0.3, 0.4) is 0 Å². The summed E-state index contributed by atoms with van der Waals surface area (Å²) in [6.45, 7) is 3.59. The number of carbonyl (C=O) groups is 1. The van der Waals surface area contributed by atoms with Gasteiger partial charge in [-0.05, 0) is 37.3 Å². The van der Waals surface area contributed by atoms with Crippen LogP contribution >= 0.6 is 11.6 Å². The molecule has 1 fully saturated rings. The Morgan fingerprint density at radius 1 is 1.23 bits per heavy atom. The predicted molar refractivity (Wildman–Crippen MR) is 116 cm³/mol. The molecule has 0 aliphatic carbocycles. The quantitative estimate of drug-likeness (QED) is 0.653. The number of anilines is 1. The highest BCUT2D eigenvalue weighted by molar-refractivity contribution is 7.89. The number of nitrogens with zero attached hydrogens (tertiary/aromatic N) is 1. The van der Waals surface area contributed by atoms with Crippen LogP contribution in [0.25, 0.3) is 6.08 Å². The summed E-state index contributed by atoms with van der Waals surface area (Å²) in [5.74, 6) is 0.271. The number of para-hydroxylation sites is 1. The Balaban J connectivity index is 1.76. The lowest BCUT2D eigenvalue weighted by molar-refractivity contribution is -0.111. The number of sulfonamides is 1. The topological polar surface area (TPSA) is 84.9 Å². The van der Waals surface area contributed by atoms with Crippen molar-refractivity contribution in [1.29, 1.82) is 0 Å². The molecule has 1 aliphatic rings. The molecule has 1 saturated heterocycles. The predicted octanol–water partition coefficient (Wildman–Crippen LogP) is 3.41. The van der Waals surface area contributed by atoms with Gasteiger partial charge < -0.3 is 14.8 Å². The maximum atomic E-state index is 12.9. The van der Waals surface area contributed by atoms with E-state index in [2.05, 4.69) is 5.32 Å². The average molecular weight is 451 g/mol. The first-order chi connectivity index (χ1) is 14.4. The highest BCUT2D eigenvalue weighted by atomic mass is 35.5. The third-order valence-electron chi connectivity index (χ3n) is 4.42. The number of morpholine rings is 1. The monoisotopic (exact) mass is 450 g/mol. The molecule has 2 aromatic carbocycles. The van der Waals surface area contributed by atoms with Crippen molar-refractivity contribution < 1.29 is 22.7 Å². The summed E-state index contributed by atoms with van der Waals surface area (Å²) in [5.41, 5.74) is 1.10. The standard InChI is InChI=1S/C21H23ClN2O5S/c1-2-29-19-6-4-3-5-16(19)7-10-21(25)23-17-8-9-18(22)20(15-17)30(26,27)24-11-13-28-14-12-24/h3-10,15H,2,11-14H2,1H3,(H,23,25)/b10-7+. The smallest absolute Gasteiger partial charge is 0.248 e. The van der Waals surface area contributed by atoms with Crippen molar-refractivity contribution in [3.63, 3.8) is 0 Å². The van der Waals surface area contributed by atoms with Crippen molar-refractivity contribution in [2.24, 2.45) is 0 Å². The van der Waals surface area contributed by atoms with Crippen molar-refractivity contribution in [3.8, 4) is 5.75 Å². The van der Waals surface area contributed by atoms with Crippen molar-refractivity contribution in [3.05, 3.63) is 59.1 Å². The largest absolute Gasteiger partial charge is 0.493 e. The molecule has 0 spiro atoms. The molecule has 0 atom stereocenters. The molecule has 1 amide bonds. The van der Waals surface area contributed by atoms with Crippen LogP contribution in [0, 0.1) is 0 Å². The van der Waals surface area contributed by atoms with E-state index in [4.69, 9.17) is 21.1 Å². The molecular formula is C21H23ClN2O5S. The summed E-state index contributed by atoms with van der Waals surface area (Å²) >= 11 is 6.15. The van der Waals surface area contributed by atoms with E-state index in [0.717, 1.165) is 5.56 Å². The first-order valence-corrected chi connectivity index (χ1v) is 11.3. The second-order valence-electron chi connectivity index (χ2n) is 6.46. The number of nitrogens with one attached hydrogen (secondary N) is 1. The molecule has 1 N–H and O–H groups in total. The minimum atomic E-state index is -3.78. The average Bonchev–Trinajstić information content (AvgIpc) is 2.75. The maximum Gasteiger partial charge on any atom is 0.248 e. The lowest BCUT2D eigenvalue weighted by Gasteiger charge is -2.26. The molecule has 2 aromatic rings. The molecule has 0 saturated carbocycles. The van der Waals surface area contributed by atoms with Crippen molar-refractivity contribution in [2.45, 2.75) is 11.8 Å². The van der Waals surface area contributed by atoms with Crippen LogP contribution in [-0.4, -0.2) is 51.5 Å². The van der Waals surface area contributed by atoms with E-state index in [1.807, 2.05) is 31.2 Å². The van der Waals surface area contributed by atoms with Gasteiger partial charge in [0.1, 0.15) is 10.6 Å². The fraction of sp³-hybridized carbons (Fsp3) is 0.286. The fourth-order valence-electron chi connectivity index (χ4n) is 2.96. The number of hydrogen-bond acceptors (Lipinski definition) is 5. The lowest BCUT2D eigenvalue weighted by atomic mass is 10.2. The van der Waals surface area contributed by atoms with Crippen LogP contribution in [0.2, 0.25) is 5.02 Å². The number of benzene rings is 2. The minimum Gasteiger partial charge on any atom is -0.493 e. The van der Waals surface area contributed by atoms with Gasteiger partial charge in [-0.25, -0.2) is 8.42 Å². The lowest BCUT2D eigenvalue weighted by Crippen LogP contribution is -2.40. The zero-order chi connectivity index (χ0) is 21.6. The van der Waals surface area contributed by atoms with Gasteiger partial charge in [0, 0.05) is 30.4 Å². The molecular weight excluding hydrogens is 428 g/mol. The second-order valence-corrected chi connectivity index (χ2v) is 8.77. The molecule has 0 aromatic heterocycles. The van der Waals surface area contributed by atoms with Gasteiger partial charge in [-0.15, -0.1) is 0 Å². The Morgan fingerprint density at radius 2 is 1.97 bits per heavy atom. The number of amides is 1. The summed E-state index contributed by atoms with van der Waals surface area (Å²) in [5, 5.41) is 2.77. The summed E-state index contributed by atoms with van der Waals surface area (Å²) in [4.78, 5) is 12.3. The zero-order valence-electron chi connectivity index (χ0n) is 16.5. The van der Waals surface area contributed by atoms with E-state index in [0.29, 0.717) is 31.3 Å². The van der Waals surface area contributed by atoms with Crippen LogP contribution in [-0.2, 0) is 19.6 Å². The van der Waals surface area contributed by atoms with Crippen molar-refractivity contribution >= 4 is 39.3 Å². The number of halogens is 1. The van der Waals surface area contributed by atoms with Crippen molar-refractivity contribution in [1.82, 2.24) is 4.31 Å². The third-order valence-corrected chi connectivity index (χ3v) is 6.80. The van der Waals surface area contributed by atoms with E-state index in [9.17, 15) is 13.2 Å². The molecule has 1 heterocycles. The van der Waals surface area contributed by atoms with Gasteiger partial charge in [0.2, 0.25) is 15.9 Å². The van der Waals surface area contributed by atoms with E-state index in [1.54, 1.807) is 12.1 Å². The highest BCUT2D eigenvalue weighted by Crippen LogP contribution is 2.28. The number of carbonyl (C=O) groups excluding carboxylic acids is 1. The van der Waals surface area contributed by atoms with Gasteiger partial charge >= 0.3 is 0 Å². The van der Waals surface area contributed by atoms with Gasteiger partial charge in [0.25, 0.3) is 0 Å². The van der Waals surface area contributed by atoms with Crippen LogP contribution in [0.1, 0.15) is 12.5 Å². The number of ether oxygens (including phenoxy) is 2. The maximum absolute atomic E-state index is 12.9. The van der Waals surface area contributed by atoms with E-state index >= 15 is 0 Å². The fourth-order valence-corrected chi connectivity index (χ4v) is 4.87. The van der Waals surface area contributed by atoms with Gasteiger partial charge in [0.05, 0.1) is 24.8 Å². The molecule has 30 heavy (non-hydrogen) atoms. The molecule has 9 heteroatoms. The Hall–Kier alpha value is -2.39. The van der Waals surface area contributed by atoms with Gasteiger partial charge in [0.15, 0.2) is 0 Å². The van der Waals surface area contributed by atoms with Crippen LogP contribution < -0.4 is 10.1 Å². The molecule has 0 bridgehead atoms. The molecule has 7 nitrogen and oxygen atoms in total. The van der Waals surface area contributed by atoms with Gasteiger partial charge in [-0.1, -0.05) is 29.8 Å². The molecule has 0 unspecified atom stereocenters. The molecule has 1 aliphatic heterocycles. The van der Waals surface area contributed by atoms with Crippen LogP contribution in [0.5, 0.6) is 5.75 Å².